The third-order valence-electron chi connectivity index (χ3n) is 9.14. The number of nitrogens with one attached hydrogen (secondary N) is 2. The summed E-state index contributed by atoms with van der Waals surface area (Å²) < 4.78 is 12.0. The van der Waals surface area contributed by atoms with Crippen molar-refractivity contribution >= 4 is 21.8 Å². The van der Waals surface area contributed by atoms with E-state index >= 15 is 0 Å². The van der Waals surface area contributed by atoms with Crippen LogP contribution in [0, 0.1) is 41.5 Å². The molecule has 8 aromatic rings. The predicted octanol–water partition coefficient (Wildman–Crippen LogP) is 8.20. The molecule has 0 saturated heterocycles. The summed E-state index contributed by atoms with van der Waals surface area (Å²) in [4.78, 5) is 41.3. The van der Waals surface area contributed by atoms with Gasteiger partial charge in [0.2, 0.25) is 11.8 Å². The molecule has 54 heavy (non-hydrogen) atoms. The molecule has 2 N–H and O–H groups in total. The number of aromatic nitrogens is 8. The zero-order valence-electron chi connectivity index (χ0n) is 30.6. The van der Waals surface area contributed by atoms with Crippen LogP contribution in [0.5, 0.6) is 23.3 Å². The highest BCUT2D eigenvalue weighted by molar-refractivity contribution is 5.83. The summed E-state index contributed by atoms with van der Waals surface area (Å²) in [6.07, 6.45) is 6.85. The molecule has 0 bridgehead atoms. The SMILES string of the molecule is Cc1cc(Oc2nccc3cccnc23)ccc1-c1c(C)n[nH]c(=O)c1C.Cc1cc(Oc2nccc3cccnc23)ccc1-c1c(C)n[nH]c(=O)c1C. The minimum Gasteiger partial charge on any atom is -0.437 e. The molecule has 2 aromatic carbocycles. The van der Waals surface area contributed by atoms with E-state index in [1.807, 2.05) is 100 Å². The second kappa shape index (κ2) is 14.9. The van der Waals surface area contributed by atoms with Crippen molar-refractivity contribution in [2.45, 2.75) is 41.5 Å². The number of nitrogens with zero attached hydrogens (tertiary/aromatic N) is 6. The third-order valence-corrected chi connectivity index (χ3v) is 9.14. The van der Waals surface area contributed by atoms with Crippen molar-refractivity contribution in [1.82, 2.24) is 40.3 Å². The number of aryl methyl sites for hydroxylation is 4. The number of fused-ring (bicyclic) bond motifs is 2. The Kier molecular flexibility index (Phi) is 9.73. The van der Waals surface area contributed by atoms with Crippen molar-refractivity contribution in [3.63, 3.8) is 0 Å². The summed E-state index contributed by atoms with van der Waals surface area (Å²) >= 11 is 0. The van der Waals surface area contributed by atoms with Crippen molar-refractivity contribution < 1.29 is 9.47 Å². The molecule has 6 aromatic heterocycles. The van der Waals surface area contributed by atoms with Gasteiger partial charge in [-0.15, -0.1) is 0 Å². The van der Waals surface area contributed by atoms with Gasteiger partial charge in [-0.1, -0.05) is 24.3 Å². The van der Waals surface area contributed by atoms with Gasteiger partial charge < -0.3 is 9.47 Å². The number of rotatable bonds is 6. The van der Waals surface area contributed by atoms with Gasteiger partial charge in [-0.3, -0.25) is 19.6 Å². The Balaban J connectivity index is 0.000000167. The molecule has 12 heteroatoms. The summed E-state index contributed by atoms with van der Waals surface area (Å²) in [5.41, 5.74) is 9.53. The second-order valence-electron chi connectivity index (χ2n) is 12.8. The van der Waals surface area contributed by atoms with Crippen LogP contribution in [0.4, 0.5) is 0 Å². The lowest BCUT2D eigenvalue weighted by Crippen LogP contribution is -2.14. The summed E-state index contributed by atoms with van der Waals surface area (Å²) in [7, 11) is 0. The number of pyridine rings is 4. The maximum Gasteiger partial charge on any atom is 0.267 e. The summed E-state index contributed by atoms with van der Waals surface area (Å²) in [6.45, 7) is 11.3. The average Bonchev–Trinajstić information content (AvgIpc) is 3.17. The first-order valence-corrected chi connectivity index (χ1v) is 17.2. The highest BCUT2D eigenvalue weighted by Crippen LogP contribution is 2.34. The Hall–Kier alpha value is -7.08. The Bertz CT molecular complexity index is 2610. The van der Waals surface area contributed by atoms with Gasteiger partial charge in [-0.2, -0.15) is 10.2 Å². The highest BCUT2D eigenvalue weighted by Gasteiger charge is 2.16. The second-order valence-corrected chi connectivity index (χ2v) is 12.8. The summed E-state index contributed by atoms with van der Waals surface area (Å²) in [5, 5.41) is 15.2. The van der Waals surface area contributed by atoms with Gasteiger partial charge in [0.25, 0.3) is 11.1 Å². The zero-order valence-corrected chi connectivity index (χ0v) is 30.6. The van der Waals surface area contributed by atoms with Gasteiger partial charge in [-0.25, -0.2) is 20.2 Å². The standard InChI is InChI=1S/2C21H18N4O2/c2*1-12-11-16(27-21-19-15(8-10-23-21)5-4-9-22-19)6-7-17(12)18-13(2)20(26)25-24-14(18)3/h2*4-11H,1-3H3,(H,25,26). The first kappa shape index (κ1) is 35.3. The minimum absolute atomic E-state index is 0.179. The fraction of sp³-hybridized carbons (Fsp3) is 0.143. The van der Waals surface area contributed by atoms with Crippen LogP contribution in [0.3, 0.4) is 0 Å². The molecule has 12 nitrogen and oxygen atoms in total. The van der Waals surface area contributed by atoms with Crippen LogP contribution in [-0.2, 0) is 0 Å². The third kappa shape index (κ3) is 7.04. The maximum absolute atomic E-state index is 12.0. The van der Waals surface area contributed by atoms with E-state index in [1.54, 1.807) is 38.6 Å². The largest absolute Gasteiger partial charge is 0.437 e. The van der Waals surface area contributed by atoms with E-state index in [0.717, 1.165) is 55.5 Å². The van der Waals surface area contributed by atoms with Crippen LogP contribution >= 0.6 is 0 Å². The number of aromatic amines is 2. The molecule has 0 aliphatic heterocycles. The molecule has 0 unspecified atom stereocenters. The Labute approximate surface area is 310 Å². The van der Waals surface area contributed by atoms with Gasteiger partial charge in [0, 0.05) is 57.8 Å². The predicted molar refractivity (Wildman–Crippen MR) is 208 cm³/mol. The van der Waals surface area contributed by atoms with Gasteiger partial charge in [0.05, 0.1) is 11.4 Å². The highest BCUT2D eigenvalue weighted by atomic mass is 16.5. The molecule has 0 radical (unpaired) electrons. The van der Waals surface area contributed by atoms with Crippen LogP contribution < -0.4 is 20.6 Å². The van der Waals surface area contributed by atoms with E-state index in [0.29, 0.717) is 45.4 Å². The fourth-order valence-electron chi connectivity index (χ4n) is 6.40. The summed E-state index contributed by atoms with van der Waals surface area (Å²) in [6, 6.07) is 23.0. The van der Waals surface area contributed by atoms with E-state index in [4.69, 9.17) is 9.47 Å². The normalized spacial score (nSPS) is 10.9. The molecular formula is C42H36N8O4. The van der Waals surface area contributed by atoms with E-state index in [-0.39, 0.29) is 11.1 Å². The lowest BCUT2D eigenvalue weighted by Gasteiger charge is -2.13. The van der Waals surface area contributed by atoms with Crippen molar-refractivity contribution in [1.29, 1.82) is 0 Å². The topological polar surface area (TPSA) is 162 Å². The fourth-order valence-corrected chi connectivity index (χ4v) is 6.40. The molecule has 0 amide bonds. The van der Waals surface area contributed by atoms with E-state index in [9.17, 15) is 9.59 Å². The van der Waals surface area contributed by atoms with Gasteiger partial charge >= 0.3 is 0 Å². The summed E-state index contributed by atoms with van der Waals surface area (Å²) in [5.74, 6) is 2.25. The molecule has 0 aliphatic rings. The van der Waals surface area contributed by atoms with E-state index < -0.39 is 0 Å². The molecule has 0 spiro atoms. The monoisotopic (exact) mass is 716 g/mol. The van der Waals surface area contributed by atoms with E-state index in [2.05, 4.69) is 40.3 Å². The number of hydrogen-bond acceptors (Lipinski definition) is 10. The zero-order chi connectivity index (χ0) is 37.9. The van der Waals surface area contributed by atoms with Crippen LogP contribution in [0.1, 0.15) is 33.6 Å². The average molecular weight is 717 g/mol. The Morgan fingerprint density at radius 1 is 0.500 bits per heavy atom. The van der Waals surface area contributed by atoms with Gasteiger partial charge in [0.1, 0.15) is 22.5 Å². The number of ether oxygens (including phenoxy) is 2. The molecule has 6 heterocycles. The number of hydrogen-bond donors (Lipinski definition) is 2. The Morgan fingerprint density at radius 3 is 1.33 bits per heavy atom. The van der Waals surface area contributed by atoms with E-state index in [1.165, 1.54) is 0 Å². The Morgan fingerprint density at radius 2 is 0.926 bits per heavy atom. The molecular weight excluding hydrogens is 681 g/mol. The quantitative estimate of drug-likeness (QED) is 0.172. The van der Waals surface area contributed by atoms with Crippen LogP contribution in [0.15, 0.2) is 107 Å². The van der Waals surface area contributed by atoms with Crippen LogP contribution in [0.25, 0.3) is 44.1 Å². The van der Waals surface area contributed by atoms with Gasteiger partial charge in [-0.05, 0) is 112 Å². The molecule has 268 valence electrons. The molecule has 0 saturated carbocycles. The molecule has 0 aliphatic carbocycles. The lowest BCUT2D eigenvalue weighted by atomic mass is 9.96. The minimum atomic E-state index is -0.179. The first-order chi connectivity index (χ1) is 26.1. The van der Waals surface area contributed by atoms with Gasteiger partial charge in [0.15, 0.2) is 0 Å². The molecule has 0 fully saturated rings. The molecule has 8 rings (SSSR count). The lowest BCUT2D eigenvalue weighted by molar-refractivity contribution is 0.467. The number of benzene rings is 2. The van der Waals surface area contributed by atoms with Crippen LogP contribution in [0.2, 0.25) is 0 Å². The molecule has 0 atom stereocenters. The maximum atomic E-state index is 12.0. The van der Waals surface area contributed by atoms with Crippen molar-refractivity contribution in [2.75, 3.05) is 0 Å². The number of H-pyrrole nitrogens is 2. The van der Waals surface area contributed by atoms with Crippen LogP contribution in [-0.4, -0.2) is 40.3 Å². The van der Waals surface area contributed by atoms with Crippen molar-refractivity contribution in [2.24, 2.45) is 0 Å². The van der Waals surface area contributed by atoms with Crippen molar-refractivity contribution in [3.05, 3.63) is 152 Å². The van der Waals surface area contributed by atoms with Crippen molar-refractivity contribution in [3.8, 4) is 45.5 Å². The first-order valence-electron chi connectivity index (χ1n) is 17.2. The smallest absolute Gasteiger partial charge is 0.267 e.